The van der Waals surface area contributed by atoms with Gasteiger partial charge >= 0.3 is 0 Å². The van der Waals surface area contributed by atoms with Crippen molar-refractivity contribution in [3.8, 4) is 0 Å². The molecule has 1 aromatic rings. The van der Waals surface area contributed by atoms with Crippen molar-refractivity contribution in [1.29, 1.82) is 0 Å². The van der Waals surface area contributed by atoms with Gasteiger partial charge in [-0.1, -0.05) is 12.5 Å². The van der Waals surface area contributed by atoms with Gasteiger partial charge in [-0.2, -0.15) is 0 Å². The Hall–Kier alpha value is -1.14. The van der Waals surface area contributed by atoms with E-state index in [9.17, 15) is 8.42 Å². The predicted octanol–water partition coefficient (Wildman–Crippen LogP) is 2.02. The summed E-state index contributed by atoms with van der Waals surface area (Å²) in [5, 5.41) is 6.85. The lowest BCUT2D eigenvalue weighted by molar-refractivity contribution is 0.426. The van der Waals surface area contributed by atoms with Crippen molar-refractivity contribution in [1.82, 2.24) is 10.3 Å². The van der Waals surface area contributed by atoms with Gasteiger partial charge in [-0.25, -0.2) is 13.4 Å². The van der Waals surface area contributed by atoms with E-state index in [1.165, 1.54) is 25.3 Å². The second kappa shape index (κ2) is 7.22. The first-order chi connectivity index (χ1) is 9.96. The maximum Gasteiger partial charge on any atom is 0.185 e. The molecule has 5 nitrogen and oxygen atoms in total. The summed E-state index contributed by atoms with van der Waals surface area (Å²) < 4.78 is 21.7. The highest BCUT2D eigenvalue weighted by Crippen LogP contribution is 2.26. The number of anilines is 1. The van der Waals surface area contributed by atoms with Crippen molar-refractivity contribution in [2.75, 3.05) is 18.4 Å². The fourth-order valence-corrected chi connectivity index (χ4v) is 3.29. The molecule has 1 aliphatic heterocycles. The van der Waals surface area contributed by atoms with Crippen LogP contribution in [0.3, 0.4) is 0 Å². The van der Waals surface area contributed by atoms with E-state index in [-0.39, 0.29) is 5.03 Å². The first-order valence-corrected chi connectivity index (χ1v) is 8.74. The van der Waals surface area contributed by atoms with Crippen LogP contribution in [-0.2, 0) is 10.7 Å². The first kappa shape index (κ1) is 16.2. The van der Waals surface area contributed by atoms with Gasteiger partial charge in [-0.3, -0.25) is 0 Å². The number of rotatable bonds is 7. The fourth-order valence-electron chi connectivity index (χ4n) is 2.89. The Bertz CT molecular complexity index is 535. The number of nitrogens with zero attached hydrogens (tertiary/aromatic N) is 1. The fraction of sp³-hybridized carbons (Fsp3) is 0.667. The van der Waals surface area contributed by atoms with Crippen LogP contribution in [0.5, 0.6) is 0 Å². The molecule has 1 aromatic heterocycles. The largest absolute Gasteiger partial charge is 0.370 e. The molecule has 0 aliphatic carbocycles. The summed E-state index contributed by atoms with van der Waals surface area (Å²) in [6.45, 7) is 6.47. The molecule has 1 unspecified atom stereocenters. The zero-order chi connectivity index (χ0) is 15.3. The number of aromatic nitrogens is 1. The van der Waals surface area contributed by atoms with Crippen LogP contribution in [-0.4, -0.2) is 32.0 Å². The van der Waals surface area contributed by atoms with Crippen molar-refractivity contribution < 1.29 is 8.42 Å². The number of nitrogens with one attached hydrogen (secondary N) is 2. The average molecular weight is 311 g/mol. The molecule has 1 fully saturated rings. The maximum absolute atomic E-state index is 10.9. The summed E-state index contributed by atoms with van der Waals surface area (Å²) in [7, 11) is -2.61. The second-order valence-electron chi connectivity index (χ2n) is 6.40. The molecule has 0 spiro atoms. The number of pyridine rings is 1. The second-order valence-corrected chi connectivity index (χ2v) is 7.37. The first-order valence-electron chi connectivity index (χ1n) is 7.57. The molecule has 2 rings (SSSR count). The molecular formula is C15H25N3O2S. The topological polar surface area (TPSA) is 71.1 Å². The molecule has 2 N–H and O–H groups in total. The molecule has 0 saturated carbocycles. The molecule has 1 atom stereocenters. The van der Waals surface area contributed by atoms with Gasteiger partial charge in [0, 0.05) is 12.1 Å². The number of thiol groups is 1. The third-order valence-electron chi connectivity index (χ3n) is 3.93. The molecule has 1 saturated heterocycles. The van der Waals surface area contributed by atoms with Gasteiger partial charge < -0.3 is 10.6 Å². The van der Waals surface area contributed by atoms with Crippen molar-refractivity contribution in [3.05, 3.63) is 18.2 Å². The Morgan fingerprint density at radius 3 is 2.86 bits per heavy atom. The van der Waals surface area contributed by atoms with E-state index in [1.54, 1.807) is 12.1 Å². The smallest absolute Gasteiger partial charge is 0.185 e. The highest BCUT2D eigenvalue weighted by molar-refractivity contribution is 7.72. The van der Waals surface area contributed by atoms with E-state index >= 15 is 0 Å². The van der Waals surface area contributed by atoms with Crippen molar-refractivity contribution in [2.45, 2.75) is 50.1 Å². The minimum atomic E-state index is -2.61. The van der Waals surface area contributed by atoms with Gasteiger partial charge in [0.05, 0.1) is 0 Å². The Morgan fingerprint density at radius 1 is 1.38 bits per heavy atom. The Morgan fingerprint density at radius 2 is 2.19 bits per heavy atom. The van der Waals surface area contributed by atoms with Gasteiger partial charge in [0.25, 0.3) is 0 Å². The SMILES string of the molecule is CC1(C)CC(CCCCNc2cccc([SH](=O)=O)n2)CN1. The van der Waals surface area contributed by atoms with Crippen LogP contribution >= 0.6 is 0 Å². The van der Waals surface area contributed by atoms with Crippen LogP contribution in [0.2, 0.25) is 0 Å². The zero-order valence-corrected chi connectivity index (χ0v) is 13.7. The van der Waals surface area contributed by atoms with E-state index < -0.39 is 10.7 Å². The maximum atomic E-state index is 10.9. The Kier molecular flexibility index (Phi) is 5.58. The Labute approximate surface area is 128 Å². The van der Waals surface area contributed by atoms with Gasteiger partial charge in [-0.15, -0.1) is 0 Å². The average Bonchev–Trinajstić information content (AvgIpc) is 2.78. The predicted molar refractivity (Wildman–Crippen MR) is 85.3 cm³/mol. The minimum Gasteiger partial charge on any atom is -0.370 e. The molecule has 118 valence electrons. The molecule has 1 aliphatic rings. The lowest BCUT2D eigenvalue weighted by Gasteiger charge is -2.17. The van der Waals surface area contributed by atoms with E-state index in [4.69, 9.17) is 0 Å². The lowest BCUT2D eigenvalue weighted by atomic mass is 9.93. The normalized spacial score (nSPS) is 20.8. The van der Waals surface area contributed by atoms with Crippen LogP contribution < -0.4 is 10.6 Å². The van der Waals surface area contributed by atoms with Gasteiger partial charge in [0.1, 0.15) is 5.82 Å². The molecule has 0 amide bonds. The number of unbranched alkanes of at least 4 members (excludes halogenated alkanes) is 1. The van der Waals surface area contributed by atoms with Crippen molar-refractivity contribution >= 4 is 16.5 Å². The molecule has 0 aromatic carbocycles. The summed E-state index contributed by atoms with van der Waals surface area (Å²) >= 11 is 0. The van der Waals surface area contributed by atoms with E-state index in [0.717, 1.165) is 25.4 Å². The summed E-state index contributed by atoms with van der Waals surface area (Å²) in [5.74, 6) is 1.42. The van der Waals surface area contributed by atoms with E-state index in [0.29, 0.717) is 11.4 Å². The van der Waals surface area contributed by atoms with Crippen LogP contribution in [0.4, 0.5) is 5.82 Å². The van der Waals surface area contributed by atoms with Crippen LogP contribution in [0.25, 0.3) is 0 Å². The summed E-state index contributed by atoms with van der Waals surface area (Å²) in [6.07, 6.45) is 4.76. The summed E-state index contributed by atoms with van der Waals surface area (Å²) in [4.78, 5) is 4.05. The third-order valence-corrected chi connectivity index (χ3v) is 4.56. The van der Waals surface area contributed by atoms with Crippen LogP contribution in [0.1, 0.15) is 39.5 Å². The quantitative estimate of drug-likeness (QED) is 0.531. The minimum absolute atomic E-state index is 0.120. The van der Waals surface area contributed by atoms with Crippen molar-refractivity contribution in [2.24, 2.45) is 5.92 Å². The molecule has 21 heavy (non-hydrogen) atoms. The van der Waals surface area contributed by atoms with Crippen molar-refractivity contribution in [3.63, 3.8) is 0 Å². The Balaban J connectivity index is 1.65. The lowest BCUT2D eigenvalue weighted by Crippen LogP contribution is -2.31. The molecule has 0 radical (unpaired) electrons. The van der Waals surface area contributed by atoms with Gasteiger partial charge in [0.2, 0.25) is 0 Å². The highest BCUT2D eigenvalue weighted by Gasteiger charge is 2.29. The summed E-state index contributed by atoms with van der Waals surface area (Å²) in [6, 6.07) is 5.01. The molecule has 6 heteroatoms. The molecule has 2 heterocycles. The van der Waals surface area contributed by atoms with E-state index in [1.807, 2.05) is 0 Å². The molecular weight excluding hydrogens is 286 g/mol. The summed E-state index contributed by atoms with van der Waals surface area (Å²) in [5.41, 5.74) is 0.294. The van der Waals surface area contributed by atoms with E-state index in [2.05, 4.69) is 29.5 Å². The van der Waals surface area contributed by atoms with Gasteiger partial charge in [-0.05, 0) is 57.7 Å². The monoisotopic (exact) mass is 311 g/mol. The van der Waals surface area contributed by atoms with Crippen LogP contribution in [0, 0.1) is 5.92 Å². The highest BCUT2D eigenvalue weighted by atomic mass is 32.2. The number of hydrogen-bond acceptors (Lipinski definition) is 5. The standard InChI is InChI=1S/C15H25N3O2S/c1-15(2)10-12(11-17-15)6-3-4-9-16-13-7-5-8-14(18-13)21(19)20/h5,7-8,12,17,21H,3-4,6,9-11H2,1-2H3,(H,16,18). The molecule has 0 bridgehead atoms. The van der Waals surface area contributed by atoms with Crippen LogP contribution in [0.15, 0.2) is 23.2 Å². The van der Waals surface area contributed by atoms with Gasteiger partial charge in [0.15, 0.2) is 15.7 Å². The third kappa shape index (κ3) is 5.28. The zero-order valence-electron chi connectivity index (χ0n) is 12.8. The number of hydrogen-bond donors (Lipinski definition) is 3.